The van der Waals surface area contributed by atoms with Crippen LogP contribution in [0.1, 0.15) is 13.3 Å². The highest BCUT2D eigenvalue weighted by Gasteiger charge is 2.22. The van der Waals surface area contributed by atoms with Crippen LogP contribution in [-0.4, -0.2) is 43.7 Å². The molecule has 0 aliphatic heterocycles. The number of thiocarbonyl (C=S) groups is 1. The van der Waals surface area contributed by atoms with Crippen molar-refractivity contribution in [3.63, 3.8) is 0 Å². The van der Waals surface area contributed by atoms with Crippen LogP contribution in [-0.2, 0) is 9.09 Å². The van der Waals surface area contributed by atoms with E-state index < -0.39 is 26.6 Å². The molecule has 0 amide bonds. The van der Waals surface area contributed by atoms with Gasteiger partial charge < -0.3 is 20.0 Å². The van der Waals surface area contributed by atoms with Crippen LogP contribution >= 0.6 is 20.0 Å². The molecule has 8 heteroatoms. The van der Waals surface area contributed by atoms with E-state index in [1.807, 2.05) is 0 Å². The molecule has 14 heavy (non-hydrogen) atoms. The van der Waals surface area contributed by atoms with Crippen LogP contribution in [0.5, 0.6) is 0 Å². The molecule has 0 fully saturated rings. The van der Waals surface area contributed by atoms with Gasteiger partial charge in [0.25, 0.3) is 0 Å². The Bertz CT molecular complexity index is 238. The van der Waals surface area contributed by atoms with Gasteiger partial charge in [0.05, 0.1) is 17.6 Å². The van der Waals surface area contributed by atoms with Gasteiger partial charge in [-0.1, -0.05) is 19.1 Å². The van der Waals surface area contributed by atoms with Gasteiger partial charge in [-0.05, 0) is 6.42 Å². The van der Waals surface area contributed by atoms with E-state index in [4.69, 9.17) is 14.9 Å². The predicted molar refractivity (Wildman–Crippen MR) is 52.9 cm³/mol. The summed E-state index contributed by atoms with van der Waals surface area (Å²) in [6.07, 6.45) is -2.05. The molecule has 0 aliphatic rings. The summed E-state index contributed by atoms with van der Waals surface area (Å²) in [6.45, 7) is 1.08. The fourth-order valence-corrected chi connectivity index (χ4v) is 1.28. The molecular weight excluding hydrogens is 231 g/mol. The van der Waals surface area contributed by atoms with Crippen LogP contribution in [0.25, 0.3) is 0 Å². The van der Waals surface area contributed by atoms with Gasteiger partial charge in [0.15, 0.2) is 0 Å². The van der Waals surface area contributed by atoms with E-state index >= 15 is 0 Å². The molecule has 0 heterocycles. The van der Waals surface area contributed by atoms with E-state index in [1.54, 1.807) is 6.92 Å². The normalized spacial score (nSPS) is 16.4. The molecular formula is C6H13O6PS. The van der Waals surface area contributed by atoms with Crippen molar-refractivity contribution in [2.24, 2.45) is 0 Å². The summed E-state index contributed by atoms with van der Waals surface area (Å²) in [6, 6.07) is 0. The van der Waals surface area contributed by atoms with Crippen LogP contribution in [0.3, 0.4) is 0 Å². The van der Waals surface area contributed by atoms with Crippen molar-refractivity contribution in [2.45, 2.75) is 25.6 Å². The smallest absolute Gasteiger partial charge is 0.390 e. The van der Waals surface area contributed by atoms with Crippen molar-refractivity contribution in [3.8, 4) is 0 Å². The summed E-state index contributed by atoms with van der Waals surface area (Å²) in [7, 11) is -4.58. The van der Waals surface area contributed by atoms with Crippen molar-refractivity contribution < 1.29 is 29.1 Å². The lowest BCUT2D eigenvalue weighted by molar-refractivity contribution is 0.0562. The largest absolute Gasteiger partial charge is 0.469 e. The second-order valence-corrected chi connectivity index (χ2v) is 4.41. The molecule has 0 aromatic rings. The first-order valence-corrected chi connectivity index (χ1v) is 5.80. The average Bonchev–Trinajstić information content (AvgIpc) is 2.10. The number of hydrogen-bond donors (Lipinski definition) is 4. The molecule has 0 radical (unpaired) electrons. The first-order chi connectivity index (χ1) is 6.28. The number of aliphatic hydroxyl groups is 2. The first-order valence-electron chi connectivity index (χ1n) is 3.87. The quantitative estimate of drug-likeness (QED) is 0.372. The van der Waals surface area contributed by atoms with Crippen LogP contribution in [0.15, 0.2) is 0 Å². The maximum Gasteiger partial charge on any atom is 0.469 e. The van der Waals surface area contributed by atoms with Gasteiger partial charge in [0.1, 0.15) is 6.10 Å². The Kier molecular flexibility index (Phi) is 5.92. The van der Waals surface area contributed by atoms with Crippen LogP contribution < -0.4 is 0 Å². The van der Waals surface area contributed by atoms with Crippen LogP contribution in [0.2, 0.25) is 0 Å². The van der Waals surface area contributed by atoms with Crippen molar-refractivity contribution in [3.05, 3.63) is 0 Å². The molecule has 0 unspecified atom stereocenters. The van der Waals surface area contributed by atoms with Gasteiger partial charge in [0, 0.05) is 0 Å². The zero-order chi connectivity index (χ0) is 11.4. The lowest BCUT2D eigenvalue weighted by atomic mass is 10.1. The molecule has 0 saturated carbocycles. The Morgan fingerprint density at radius 3 is 2.36 bits per heavy atom. The van der Waals surface area contributed by atoms with Gasteiger partial charge >= 0.3 is 7.82 Å². The number of phosphoric ester groups is 1. The molecule has 4 N–H and O–H groups in total. The van der Waals surface area contributed by atoms with Crippen LogP contribution in [0, 0.1) is 0 Å². The van der Waals surface area contributed by atoms with E-state index in [0.29, 0.717) is 0 Å². The summed E-state index contributed by atoms with van der Waals surface area (Å²) in [5, 5.41) is 18.4. The number of hydrogen-bond acceptors (Lipinski definition) is 5. The highest BCUT2D eigenvalue weighted by molar-refractivity contribution is 7.80. The van der Waals surface area contributed by atoms with E-state index in [1.165, 1.54) is 0 Å². The Morgan fingerprint density at radius 1 is 1.50 bits per heavy atom. The Hall–Kier alpha value is 0.120. The zero-order valence-corrected chi connectivity index (χ0v) is 9.24. The minimum Gasteiger partial charge on any atom is -0.390 e. The molecule has 84 valence electrons. The average molecular weight is 244 g/mol. The lowest BCUT2D eigenvalue weighted by Crippen LogP contribution is -2.34. The molecule has 0 bridgehead atoms. The maximum atomic E-state index is 10.3. The van der Waals surface area contributed by atoms with Crippen molar-refractivity contribution >= 4 is 24.9 Å². The van der Waals surface area contributed by atoms with E-state index in [2.05, 4.69) is 16.7 Å². The predicted octanol–water partition coefficient (Wildman–Crippen LogP) is -0.403. The van der Waals surface area contributed by atoms with Crippen molar-refractivity contribution in [2.75, 3.05) is 6.61 Å². The summed E-state index contributed by atoms with van der Waals surface area (Å²) < 4.78 is 14.3. The van der Waals surface area contributed by atoms with Crippen LogP contribution in [0.4, 0.5) is 0 Å². The molecule has 0 spiro atoms. The molecule has 0 aromatic carbocycles. The van der Waals surface area contributed by atoms with Gasteiger partial charge in [-0.25, -0.2) is 4.57 Å². The zero-order valence-electron chi connectivity index (χ0n) is 7.53. The van der Waals surface area contributed by atoms with Crippen molar-refractivity contribution in [1.29, 1.82) is 0 Å². The minimum absolute atomic E-state index is 0.136. The second-order valence-electron chi connectivity index (χ2n) is 2.65. The highest BCUT2D eigenvalue weighted by Crippen LogP contribution is 2.35. The third-order valence-corrected chi connectivity index (χ3v) is 2.31. The number of aliphatic hydroxyl groups excluding tert-OH is 2. The van der Waals surface area contributed by atoms with E-state index in [9.17, 15) is 9.67 Å². The SMILES string of the molecule is CC[C@@H](O)[C@@H](O)C(=S)COP(=O)(O)O. The molecule has 6 nitrogen and oxygen atoms in total. The fraction of sp³-hybridized carbons (Fsp3) is 0.833. The molecule has 0 aromatic heterocycles. The molecule has 0 saturated heterocycles. The second kappa shape index (κ2) is 5.87. The standard InChI is InChI=1S/C6H13O6PS/c1-2-4(7)6(8)5(14)3-12-13(9,10)11/h4,6-8H,2-3H2,1H3,(H2,9,10,11)/t4-,6-/m1/s1. The lowest BCUT2D eigenvalue weighted by Gasteiger charge is -2.17. The molecule has 0 aliphatic carbocycles. The highest BCUT2D eigenvalue weighted by atomic mass is 32.1. The van der Waals surface area contributed by atoms with Crippen molar-refractivity contribution in [1.82, 2.24) is 0 Å². The van der Waals surface area contributed by atoms with Gasteiger partial charge in [0.2, 0.25) is 0 Å². The third kappa shape index (κ3) is 5.77. The van der Waals surface area contributed by atoms with Gasteiger partial charge in [-0.15, -0.1) is 0 Å². The molecule has 0 rings (SSSR count). The Balaban J connectivity index is 4.03. The van der Waals surface area contributed by atoms with Gasteiger partial charge in [-0.2, -0.15) is 0 Å². The Morgan fingerprint density at radius 2 is 2.00 bits per heavy atom. The summed E-state index contributed by atoms with van der Waals surface area (Å²) >= 11 is 4.61. The number of rotatable bonds is 6. The monoisotopic (exact) mass is 244 g/mol. The minimum atomic E-state index is -4.58. The molecule has 2 atom stereocenters. The van der Waals surface area contributed by atoms with E-state index in [0.717, 1.165) is 0 Å². The summed E-state index contributed by atoms with van der Waals surface area (Å²) in [5.41, 5.74) is 0. The first kappa shape index (κ1) is 14.1. The topological polar surface area (TPSA) is 107 Å². The maximum absolute atomic E-state index is 10.3. The van der Waals surface area contributed by atoms with Gasteiger partial charge in [-0.3, -0.25) is 4.52 Å². The number of phosphoric acid groups is 1. The summed E-state index contributed by atoms with van der Waals surface area (Å²) in [5.74, 6) is 0. The van der Waals surface area contributed by atoms with E-state index in [-0.39, 0.29) is 11.3 Å². The Labute approximate surface area is 86.8 Å². The third-order valence-electron chi connectivity index (χ3n) is 1.49. The fourth-order valence-electron chi connectivity index (χ4n) is 0.671. The summed E-state index contributed by atoms with van der Waals surface area (Å²) in [4.78, 5) is 16.5.